The Morgan fingerprint density at radius 1 is 1.04 bits per heavy atom. The van der Waals surface area contributed by atoms with Gasteiger partial charge in [-0.25, -0.2) is 9.59 Å². The lowest BCUT2D eigenvalue weighted by Crippen LogP contribution is -2.16. The molecule has 0 bridgehead atoms. The van der Waals surface area contributed by atoms with E-state index in [1.807, 2.05) is 27.7 Å². The van der Waals surface area contributed by atoms with Crippen molar-refractivity contribution in [2.45, 2.75) is 48.0 Å². The van der Waals surface area contributed by atoms with Crippen LogP contribution in [-0.4, -0.2) is 31.1 Å². The monoisotopic (exact) mass is 369 g/mol. The minimum Gasteiger partial charge on any atom is -0.462 e. The molecule has 1 aromatic heterocycles. The van der Waals surface area contributed by atoms with E-state index >= 15 is 0 Å². The first-order chi connectivity index (χ1) is 11.7. The maximum absolute atomic E-state index is 12.3. The van der Waals surface area contributed by atoms with E-state index in [-0.39, 0.29) is 29.9 Å². The number of hydrogen-bond acceptors (Lipinski definition) is 6. The van der Waals surface area contributed by atoms with Crippen molar-refractivity contribution in [3.05, 3.63) is 16.0 Å². The number of amides is 1. The van der Waals surface area contributed by atoms with Crippen molar-refractivity contribution in [3.8, 4) is 0 Å². The fourth-order valence-electron chi connectivity index (χ4n) is 2.10. The zero-order valence-corrected chi connectivity index (χ0v) is 16.5. The van der Waals surface area contributed by atoms with Crippen LogP contribution in [0.4, 0.5) is 5.00 Å². The molecule has 1 rings (SSSR count). The number of hydrogen-bond donors (Lipinski definition) is 1. The first-order valence-corrected chi connectivity index (χ1v) is 9.26. The summed E-state index contributed by atoms with van der Waals surface area (Å²) < 4.78 is 10.3. The first-order valence-electron chi connectivity index (χ1n) is 8.44. The molecule has 1 amide bonds. The Bertz CT molecular complexity index is 634. The lowest BCUT2D eigenvalue weighted by molar-refractivity contribution is -0.116. The molecule has 0 radical (unpaired) electrons. The summed E-state index contributed by atoms with van der Waals surface area (Å²) in [6.45, 7) is 11.6. The van der Waals surface area contributed by atoms with Crippen molar-refractivity contribution in [3.63, 3.8) is 0 Å². The molecule has 140 valence electrons. The van der Waals surface area contributed by atoms with Gasteiger partial charge < -0.3 is 14.8 Å². The summed E-state index contributed by atoms with van der Waals surface area (Å²) in [4.78, 5) is 37.0. The fraction of sp³-hybridized carbons (Fsp3) is 0.611. The van der Waals surface area contributed by atoms with Crippen LogP contribution in [0.25, 0.3) is 0 Å². The van der Waals surface area contributed by atoms with Gasteiger partial charge >= 0.3 is 11.9 Å². The van der Waals surface area contributed by atoms with E-state index in [0.29, 0.717) is 28.5 Å². The van der Waals surface area contributed by atoms with Crippen LogP contribution < -0.4 is 5.32 Å². The highest BCUT2D eigenvalue weighted by molar-refractivity contribution is 7.18. The van der Waals surface area contributed by atoms with E-state index in [2.05, 4.69) is 5.32 Å². The lowest BCUT2D eigenvalue weighted by Gasteiger charge is -2.08. The normalized spacial score (nSPS) is 10.9. The van der Waals surface area contributed by atoms with Crippen LogP contribution >= 0.6 is 11.3 Å². The summed E-state index contributed by atoms with van der Waals surface area (Å²) in [5.41, 5.74) is 0.692. The van der Waals surface area contributed by atoms with E-state index in [4.69, 9.17) is 9.47 Å². The molecule has 6 nitrogen and oxygen atoms in total. The van der Waals surface area contributed by atoms with Crippen LogP contribution in [0, 0.1) is 18.8 Å². The number of anilines is 1. The molecular weight excluding hydrogens is 342 g/mol. The number of esters is 2. The van der Waals surface area contributed by atoms with Gasteiger partial charge in [0.2, 0.25) is 5.91 Å². The highest BCUT2D eigenvalue weighted by Crippen LogP contribution is 2.34. The molecule has 0 atom stereocenters. The van der Waals surface area contributed by atoms with E-state index in [0.717, 1.165) is 11.3 Å². The Morgan fingerprint density at radius 2 is 1.68 bits per heavy atom. The number of ether oxygens (including phenoxy) is 2. The van der Waals surface area contributed by atoms with Crippen LogP contribution in [0.15, 0.2) is 0 Å². The minimum absolute atomic E-state index is 0.183. The number of carbonyl (C=O) groups is 3. The van der Waals surface area contributed by atoms with Gasteiger partial charge in [-0.05, 0) is 31.2 Å². The molecule has 1 heterocycles. The Hall–Kier alpha value is -1.89. The molecular formula is C18H27NO5S. The maximum Gasteiger partial charge on any atom is 0.348 e. The van der Waals surface area contributed by atoms with Gasteiger partial charge in [0.15, 0.2) is 0 Å². The van der Waals surface area contributed by atoms with Crippen LogP contribution in [0.5, 0.6) is 0 Å². The molecule has 1 N–H and O–H groups in total. The summed E-state index contributed by atoms with van der Waals surface area (Å²) in [6.07, 6.45) is 0.326. The van der Waals surface area contributed by atoms with Crippen molar-refractivity contribution in [1.29, 1.82) is 0 Å². The zero-order valence-electron chi connectivity index (χ0n) is 15.7. The molecule has 7 heteroatoms. The smallest absolute Gasteiger partial charge is 0.348 e. The molecule has 0 fully saturated rings. The largest absolute Gasteiger partial charge is 0.462 e. The van der Waals surface area contributed by atoms with Crippen molar-refractivity contribution in [2.75, 3.05) is 18.5 Å². The van der Waals surface area contributed by atoms with Crippen molar-refractivity contribution >= 4 is 34.2 Å². The molecule has 0 unspecified atom stereocenters. The third kappa shape index (κ3) is 6.16. The van der Waals surface area contributed by atoms with Gasteiger partial charge in [0.25, 0.3) is 0 Å². The fourth-order valence-corrected chi connectivity index (χ4v) is 3.21. The molecule has 0 spiro atoms. The molecule has 25 heavy (non-hydrogen) atoms. The van der Waals surface area contributed by atoms with Crippen molar-refractivity contribution in [2.24, 2.45) is 11.8 Å². The third-order valence-electron chi connectivity index (χ3n) is 3.21. The average Bonchev–Trinajstić information content (AvgIpc) is 2.80. The Labute approximate surface area is 152 Å². The van der Waals surface area contributed by atoms with Gasteiger partial charge in [0.1, 0.15) is 9.88 Å². The molecule has 0 saturated heterocycles. The summed E-state index contributed by atoms with van der Waals surface area (Å²) >= 11 is 1.05. The molecule has 0 aliphatic carbocycles. The Morgan fingerprint density at radius 3 is 2.20 bits per heavy atom. The van der Waals surface area contributed by atoms with Crippen LogP contribution in [0.2, 0.25) is 0 Å². The van der Waals surface area contributed by atoms with E-state index in [1.54, 1.807) is 13.8 Å². The Kier molecular flexibility index (Phi) is 8.09. The molecule has 0 aromatic carbocycles. The van der Waals surface area contributed by atoms with Gasteiger partial charge in [0.05, 0.1) is 18.8 Å². The summed E-state index contributed by atoms with van der Waals surface area (Å²) in [5.74, 6) is -0.865. The summed E-state index contributed by atoms with van der Waals surface area (Å²) in [5, 5.41) is 3.06. The molecule has 0 aliphatic rings. The summed E-state index contributed by atoms with van der Waals surface area (Å²) in [7, 11) is 0. The minimum atomic E-state index is -0.556. The number of rotatable bonds is 8. The number of carbonyl (C=O) groups excluding carboxylic acids is 3. The number of nitrogens with one attached hydrogen (secondary N) is 1. The quantitative estimate of drug-likeness (QED) is 0.700. The predicted octanol–water partition coefficient (Wildman–Crippen LogP) is 4.03. The van der Waals surface area contributed by atoms with Gasteiger partial charge in [0, 0.05) is 6.42 Å². The molecule has 0 aliphatic heterocycles. The van der Waals surface area contributed by atoms with E-state index in [9.17, 15) is 14.4 Å². The van der Waals surface area contributed by atoms with Gasteiger partial charge in [-0.1, -0.05) is 27.7 Å². The first kappa shape index (κ1) is 21.2. The van der Waals surface area contributed by atoms with Crippen LogP contribution in [0.3, 0.4) is 0 Å². The van der Waals surface area contributed by atoms with Crippen LogP contribution in [-0.2, 0) is 14.3 Å². The highest BCUT2D eigenvalue weighted by Gasteiger charge is 2.27. The molecule has 1 aromatic rings. The van der Waals surface area contributed by atoms with E-state index in [1.165, 1.54) is 0 Å². The maximum atomic E-state index is 12.3. The van der Waals surface area contributed by atoms with Gasteiger partial charge in [-0.3, -0.25) is 4.79 Å². The third-order valence-corrected chi connectivity index (χ3v) is 4.39. The number of thiophene rings is 1. The van der Waals surface area contributed by atoms with Gasteiger partial charge in [-0.2, -0.15) is 0 Å². The average molecular weight is 369 g/mol. The second-order valence-corrected chi connectivity index (χ2v) is 7.64. The highest BCUT2D eigenvalue weighted by atomic mass is 32.1. The SMILES string of the molecule is CCOC(=O)c1c(NC(=O)CC(C)C)sc(C(=O)OCC(C)C)c1C. The van der Waals surface area contributed by atoms with Crippen LogP contribution in [0.1, 0.15) is 66.6 Å². The standard InChI is InChI=1S/C18H27NO5S/c1-7-23-17(21)14-12(6)15(18(22)24-9-11(4)5)25-16(14)19-13(20)8-10(2)3/h10-11H,7-9H2,1-6H3,(H,19,20). The van der Waals surface area contributed by atoms with Gasteiger partial charge in [-0.15, -0.1) is 11.3 Å². The predicted molar refractivity (Wildman–Crippen MR) is 98.2 cm³/mol. The summed E-state index contributed by atoms with van der Waals surface area (Å²) in [6, 6.07) is 0. The van der Waals surface area contributed by atoms with Crippen molar-refractivity contribution < 1.29 is 23.9 Å². The molecule has 0 saturated carbocycles. The Balaban J connectivity index is 3.15. The topological polar surface area (TPSA) is 81.7 Å². The lowest BCUT2D eigenvalue weighted by atomic mass is 10.1. The second-order valence-electron chi connectivity index (χ2n) is 6.62. The van der Waals surface area contributed by atoms with E-state index < -0.39 is 11.9 Å². The second kappa shape index (κ2) is 9.56. The van der Waals surface area contributed by atoms with Crippen molar-refractivity contribution in [1.82, 2.24) is 0 Å². The zero-order chi connectivity index (χ0) is 19.1.